The fraction of sp³-hybridized carbons (Fsp3) is 0.419. The minimum atomic E-state index is -0.0490. The molecule has 214 valence electrons. The summed E-state index contributed by atoms with van der Waals surface area (Å²) in [6.07, 6.45) is 6.22. The van der Waals surface area contributed by atoms with Gasteiger partial charge in [-0.2, -0.15) is 4.98 Å². The first kappa shape index (κ1) is 30.6. The molecule has 9 heteroatoms. The van der Waals surface area contributed by atoms with Crippen LogP contribution in [0.15, 0.2) is 60.8 Å². The highest BCUT2D eigenvalue weighted by Crippen LogP contribution is 2.20. The summed E-state index contributed by atoms with van der Waals surface area (Å²) in [5.74, 6) is 1.49. The largest absolute Gasteiger partial charge is 0.356 e. The Hall–Kier alpha value is -3.98. The van der Waals surface area contributed by atoms with Gasteiger partial charge in [-0.1, -0.05) is 43.7 Å². The summed E-state index contributed by atoms with van der Waals surface area (Å²) in [5.41, 5.74) is 3.88. The lowest BCUT2D eigenvalue weighted by Gasteiger charge is -2.27. The van der Waals surface area contributed by atoms with Crippen LogP contribution in [-0.4, -0.2) is 66.5 Å². The highest BCUT2D eigenvalue weighted by Gasteiger charge is 2.13. The van der Waals surface area contributed by atoms with E-state index < -0.39 is 0 Å². The van der Waals surface area contributed by atoms with Crippen LogP contribution in [0.1, 0.15) is 54.6 Å². The van der Waals surface area contributed by atoms with E-state index in [1.807, 2.05) is 61.5 Å². The van der Waals surface area contributed by atoms with Crippen molar-refractivity contribution in [3.05, 3.63) is 77.5 Å². The molecule has 40 heavy (non-hydrogen) atoms. The molecule has 1 aliphatic rings. The molecular formula is C31H43N7O2. The van der Waals surface area contributed by atoms with Crippen LogP contribution < -0.4 is 20.9 Å². The predicted molar refractivity (Wildman–Crippen MR) is 162 cm³/mol. The molecule has 0 aliphatic carbocycles. The van der Waals surface area contributed by atoms with E-state index in [-0.39, 0.29) is 5.91 Å². The molecule has 0 radical (unpaired) electrons. The molecule has 0 saturated carbocycles. The number of amides is 2. The van der Waals surface area contributed by atoms with Gasteiger partial charge in [-0.25, -0.2) is 4.98 Å². The molecule has 1 fully saturated rings. The molecular weight excluding hydrogens is 502 g/mol. The van der Waals surface area contributed by atoms with Gasteiger partial charge < -0.3 is 25.8 Å². The Kier molecular flexibility index (Phi) is 12.9. The molecule has 1 saturated heterocycles. The summed E-state index contributed by atoms with van der Waals surface area (Å²) in [4.78, 5) is 35.8. The third-order valence-corrected chi connectivity index (χ3v) is 6.84. The molecule has 3 aromatic rings. The summed E-state index contributed by atoms with van der Waals surface area (Å²) in [7, 11) is 0. The zero-order chi connectivity index (χ0) is 28.6. The van der Waals surface area contributed by atoms with Gasteiger partial charge in [0.05, 0.1) is 0 Å². The standard InChI is InChI=1S/C22H32N6O.C9H11NO/c1-3-27(4-2)17-14-23-21(29)18-8-10-19(11-9-18)25-22-24-13-12-20(26-22)28-15-6-5-7-16-28;1-8-2-4-9(5-3-8)6-10-7-11/h8-13H,3-7,14-17H2,1-2H3,(H,23,29)(H,24,25,26);2-5,7H,6H2,1H3,(H,10,11). The number of nitrogens with one attached hydrogen (secondary N) is 3. The number of nitrogens with zero attached hydrogens (tertiary/aromatic N) is 4. The molecule has 0 spiro atoms. The van der Waals surface area contributed by atoms with Gasteiger partial charge in [0.25, 0.3) is 5.91 Å². The van der Waals surface area contributed by atoms with Crippen molar-refractivity contribution in [2.24, 2.45) is 0 Å². The van der Waals surface area contributed by atoms with Crippen molar-refractivity contribution in [1.29, 1.82) is 0 Å². The number of hydrogen-bond donors (Lipinski definition) is 3. The summed E-state index contributed by atoms with van der Waals surface area (Å²) in [5, 5.41) is 8.82. The van der Waals surface area contributed by atoms with Crippen LogP contribution in [0.3, 0.4) is 0 Å². The first-order valence-electron chi connectivity index (χ1n) is 14.2. The Bertz CT molecular complexity index is 1160. The Morgan fingerprint density at radius 2 is 1.68 bits per heavy atom. The van der Waals surface area contributed by atoms with E-state index in [2.05, 4.69) is 49.6 Å². The van der Waals surface area contributed by atoms with Crippen molar-refractivity contribution < 1.29 is 9.59 Å². The number of benzene rings is 2. The van der Waals surface area contributed by atoms with E-state index >= 15 is 0 Å². The van der Waals surface area contributed by atoms with E-state index in [1.54, 1.807) is 6.20 Å². The number of aromatic nitrogens is 2. The van der Waals surface area contributed by atoms with Gasteiger partial charge in [-0.15, -0.1) is 0 Å². The van der Waals surface area contributed by atoms with Gasteiger partial charge in [0, 0.05) is 50.2 Å². The second-order valence-electron chi connectivity index (χ2n) is 9.76. The number of likely N-dealkylation sites (N-methyl/N-ethyl adjacent to an activating group) is 1. The lowest BCUT2D eigenvalue weighted by molar-refractivity contribution is -0.109. The highest BCUT2D eigenvalue weighted by molar-refractivity contribution is 5.94. The monoisotopic (exact) mass is 545 g/mol. The number of carbonyl (C=O) groups excluding carboxylic acids is 2. The topological polar surface area (TPSA) is 102 Å². The number of hydrogen-bond acceptors (Lipinski definition) is 7. The Labute approximate surface area is 238 Å². The van der Waals surface area contributed by atoms with Crippen LogP contribution >= 0.6 is 0 Å². The molecule has 9 nitrogen and oxygen atoms in total. The van der Waals surface area contributed by atoms with Crippen LogP contribution in [0.2, 0.25) is 0 Å². The van der Waals surface area contributed by atoms with Crippen molar-refractivity contribution in [2.75, 3.05) is 49.5 Å². The van der Waals surface area contributed by atoms with Crippen molar-refractivity contribution >= 4 is 29.8 Å². The van der Waals surface area contributed by atoms with E-state index in [4.69, 9.17) is 0 Å². The van der Waals surface area contributed by atoms with E-state index in [1.165, 1.54) is 24.8 Å². The zero-order valence-electron chi connectivity index (χ0n) is 24.0. The number of carbonyl (C=O) groups is 2. The summed E-state index contributed by atoms with van der Waals surface area (Å²) in [6, 6.07) is 17.4. The second kappa shape index (κ2) is 16.9. The third kappa shape index (κ3) is 10.3. The molecule has 0 bridgehead atoms. The minimum absolute atomic E-state index is 0.0490. The van der Waals surface area contributed by atoms with Gasteiger partial charge in [0.1, 0.15) is 5.82 Å². The number of piperidine rings is 1. The van der Waals surface area contributed by atoms with Crippen molar-refractivity contribution in [3.63, 3.8) is 0 Å². The summed E-state index contributed by atoms with van der Waals surface area (Å²) < 4.78 is 0. The summed E-state index contributed by atoms with van der Waals surface area (Å²) in [6.45, 7) is 12.5. The fourth-order valence-electron chi connectivity index (χ4n) is 4.38. The maximum atomic E-state index is 12.3. The van der Waals surface area contributed by atoms with Crippen molar-refractivity contribution in [2.45, 2.75) is 46.6 Å². The Balaban J connectivity index is 0.000000336. The van der Waals surface area contributed by atoms with Crippen molar-refractivity contribution in [3.8, 4) is 0 Å². The molecule has 0 unspecified atom stereocenters. The minimum Gasteiger partial charge on any atom is -0.356 e. The SMILES string of the molecule is CCN(CC)CCNC(=O)c1ccc(Nc2nccc(N3CCCCC3)n2)cc1.Cc1ccc(CNC=O)cc1. The fourth-order valence-corrected chi connectivity index (χ4v) is 4.38. The normalized spacial score (nSPS) is 12.8. The quantitative estimate of drug-likeness (QED) is 0.288. The number of rotatable bonds is 12. The maximum Gasteiger partial charge on any atom is 0.251 e. The van der Waals surface area contributed by atoms with Gasteiger partial charge in [0.2, 0.25) is 12.4 Å². The van der Waals surface area contributed by atoms with E-state index in [9.17, 15) is 9.59 Å². The molecule has 2 aromatic carbocycles. The van der Waals surface area contributed by atoms with Crippen LogP contribution in [-0.2, 0) is 11.3 Å². The van der Waals surface area contributed by atoms with Crippen molar-refractivity contribution in [1.82, 2.24) is 25.5 Å². The van der Waals surface area contributed by atoms with Crippen LogP contribution in [0.4, 0.5) is 17.5 Å². The first-order valence-corrected chi connectivity index (χ1v) is 14.2. The summed E-state index contributed by atoms with van der Waals surface area (Å²) >= 11 is 0. The van der Waals surface area contributed by atoms with Gasteiger partial charge in [-0.05, 0) is 75.2 Å². The first-order chi connectivity index (χ1) is 19.5. The molecule has 1 aliphatic heterocycles. The van der Waals surface area contributed by atoms with Crippen LogP contribution in [0.5, 0.6) is 0 Å². The lowest BCUT2D eigenvalue weighted by Crippen LogP contribution is -2.34. The number of anilines is 3. The third-order valence-electron chi connectivity index (χ3n) is 6.84. The van der Waals surface area contributed by atoms with E-state index in [0.717, 1.165) is 49.8 Å². The molecule has 2 amide bonds. The average molecular weight is 546 g/mol. The molecule has 1 aromatic heterocycles. The van der Waals surface area contributed by atoms with Gasteiger partial charge >= 0.3 is 0 Å². The molecule has 0 atom stereocenters. The van der Waals surface area contributed by atoms with Gasteiger partial charge in [-0.3, -0.25) is 9.59 Å². The smallest absolute Gasteiger partial charge is 0.251 e. The van der Waals surface area contributed by atoms with Gasteiger partial charge in [0.15, 0.2) is 0 Å². The average Bonchev–Trinajstić information content (AvgIpc) is 3.00. The second-order valence-corrected chi connectivity index (χ2v) is 9.76. The predicted octanol–water partition coefficient (Wildman–Crippen LogP) is 4.52. The zero-order valence-corrected chi connectivity index (χ0v) is 24.0. The molecule has 4 rings (SSSR count). The highest BCUT2D eigenvalue weighted by atomic mass is 16.1. The van der Waals surface area contributed by atoms with Crippen LogP contribution in [0, 0.1) is 6.92 Å². The van der Waals surface area contributed by atoms with Crippen LogP contribution in [0.25, 0.3) is 0 Å². The number of aryl methyl sites for hydroxylation is 1. The Morgan fingerprint density at radius 1 is 0.975 bits per heavy atom. The van der Waals surface area contributed by atoms with E-state index in [0.29, 0.717) is 31.0 Å². The molecule has 2 heterocycles. The maximum absolute atomic E-state index is 12.3. The Morgan fingerprint density at radius 3 is 2.33 bits per heavy atom. The lowest BCUT2D eigenvalue weighted by atomic mass is 10.1. The molecule has 3 N–H and O–H groups in total.